The molecule has 0 aromatic carbocycles. The summed E-state index contributed by atoms with van der Waals surface area (Å²) in [7, 11) is -3.82. The van der Waals surface area contributed by atoms with E-state index in [4.69, 9.17) is 4.74 Å². The van der Waals surface area contributed by atoms with Gasteiger partial charge in [-0.3, -0.25) is 9.59 Å². The van der Waals surface area contributed by atoms with Crippen LogP contribution >= 0.6 is 11.3 Å². The topological polar surface area (TPSA) is 135 Å². The molecule has 11 heteroatoms. The summed E-state index contributed by atoms with van der Waals surface area (Å²) in [5.41, 5.74) is -1.47. The van der Waals surface area contributed by atoms with E-state index in [0.29, 0.717) is 24.1 Å². The van der Waals surface area contributed by atoms with Crippen LogP contribution in [0.1, 0.15) is 58.8 Å². The highest BCUT2D eigenvalue weighted by molar-refractivity contribution is 7.89. The average Bonchev–Trinajstić information content (AvgIpc) is 2.94. The highest BCUT2D eigenvalue weighted by Crippen LogP contribution is 2.28. The molecule has 1 aromatic heterocycles. The fourth-order valence-electron chi connectivity index (χ4n) is 2.45. The van der Waals surface area contributed by atoms with Crippen LogP contribution in [0, 0.1) is 12.3 Å². The van der Waals surface area contributed by atoms with Gasteiger partial charge in [0.2, 0.25) is 5.91 Å². The number of amides is 1. The summed E-state index contributed by atoms with van der Waals surface area (Å²) in [5, 5.41) is 11.9. The van der Waals surface area contributed by atoms with Gasteiger partial charge in [-0.05, 0) is 47.0 Å². The van der Waals surface area contributed by atoms with Gasteiger partial charge in [-0.25, -0.2) is 18.1 Å². The second kappa shape index (κ2) is 9.96. The number of nitrogens with one attached hydrogen (secondary N) is 2. The lowest BCUT2D eigenvalue weighted by atomic mass is 9.84. The van der Waals surface area contributed by atoms with Crippen molar-refractivity contribution in [3.63, 3.8) is 0 Å². The third-order valence-electron chi connectivity index (χ3n) is 4.75. The van der Waals surface area contributed by atoms with Crippen molar-refractivity contribution in [3.05, 3.63) is 4.88 Å². The van der Waals surface area contributed by atoms with Gasteiger partial charge < -0.3 is 15.2 Å². The van der Waals surface area contributed by atoms with Crippen molar-refractivity contribution in [3.8, 4) is 0 Å². The second-order valence-corrected chi connectivity index (χ2v) is 10.7. The Bertz CT molecular complexity index is 835. The molecular weight excluding hydrogens is 418 g/mol. The third-order valence-corrected chi connectivity index (χ3v) is 7.26. The number of ether oxygens (including phenoxy) is 1. The van der Waals surface area contributed by atoms with E-state index in [9.17, 15) is 23.1 Å². The van der Waals surface area contributed by atoms with Gasteiger partial charge in [0.15, 0.2) is 10.2 Å². The monoisotopic (exact) mass is 449 g/mol. The smallest absolute Gasteiger partial charge is 0.309 e. The van der Waals surface area contributed by atoms with Crippen LogP contribution < -0.4 is 10.0 Å². The van der Waals surface area contributed by atoms with Crippen LogP contribution in [0.3, 0.4) is 0 Å². The predicted octanol–water partition coefficient (Wildman–Crippen LogP) is 2.76. The van der Waals surface area contributed by atoms with E-state index in [-0.39, 0.29) is 29.2 Å². The number of aryl methyl sites for hydroxylation is 1. The van der Waals surface area contributed by atoms with E-state index >= 15 is 0 Å². The third kappa shape index (κ3) is 7.65. The number of thiazole rings is 1. The molecule has 0 aliphatic heterocycles. The zero-order valence-electron chi connectivity index (χ0n) is 17.8. The molecule has 3 N–H and O–H groups in total. The van der Waals surface area contributed by atoms with Crippen molar-refractivity contribution in [1.82, 2.24) is 9.71 Å². The molecule has 1 aromatic rings. The summed E-state index contributed by atoms with van der Waals surface area (Å²) >= 11 is 1.09. The first kappa shape index (κ1) is 25.5. The van der Waals surface area contributed by atoms with Gasteiger partial charge in [-0.15, -0.1) is 11.3 Å². The number of rotatable bonds is 12. The molecule has 166 valence electrons. The average molecular weight is 450 g/mol. The van der Waals surface area contributed by atoms with Gasteiger partial charge in [-0.2, -0.15) is 0 Å². The fourth-order valence-corrected chi connectivity index (χ4v) is 4.81. The molecule has 0 aliphatic carbocycles. The second-order valence-electron chi connectivity index (χ2n) is 7.79. The van der Waals surface area contributed by atoms with Crippen LogP contribution in [-0.4, -0.2) is 49.1 Å². The number of carboxylic acids is 1. The summed E-state index contributed by atoms with van der Waals surface area (Å²) in [6.45, 7) is 10.5. The molecule has 0 saturated heterocycles. The molecule has 9 nitrogen and oxygen atoms in total. The van der Waals surface area contributed by atoms with Crippen molar-refractivity contribution in [2.45, 2.75) is 71.4 Å². The first-order valence-electron chi connectivity index (χ1n) is 9.34. The van der Waals surface area contributed by atoms with Crippen molar-refractivity contribution < 1.29 is 27.9 Å². The maximum Gasteiger partial charge on any atom is 0.309 e. The number of carbonyl (C=O) groups excluding carboxylic acids is 1. The number of aliphatic carboxylic acids is 1. The minimum atomic E-state index is -3.82. The molecule has 1 unspecified atom stereocenters. The van der Waals surface area contributed by atoms with Crippen LogP contribution in [0.5, 0.6) is 0 Å². The van der Waals surface area contributed by atoms with Crippen LogP contribution in [0.2, 0.25) is 0 Å². The van der Waals surface area contributed by atoms with Gasteiger partial charge in [-0.1, -0.05) is 6.92 Å². The molecule has 1 rings (SSSR count). The molecule has 0 spiro atoms. The Kier molecular flexibility index (Phi) is 8.75. The van der Waals surface area contributed by atoms with Crippen LogP contribution in [0.25, 0.3) is 0 Å². The van der Waals surface area contributed by atoms with E-state index < -0.39 is 27.0 Å². The van der Waals surface area contributed by atoms with Gasteiger partial charge in [0.05, 0.1) is 11.0 Å². The zero-order chi connectivity index (χ0) is 22.5. The standard InChI is InChI=1S/C18H31N3O6S2/c1-7-18(6,15(23)24)9-11-27-17(4,5)8-10-19-29(25,26)14-12(2)28-16(21-14)20-13(3)22/h19H,7-11H2,1-6H3,(H,23,24)(H,20,21,22). The molecule has 1 atom stereocenters. The summed E-state index contributed by atoms with van der Waals surface area (Å²) in [5.74, 6) is -1.18. The lowest BCUT2D eigenvalue weighted by Gasteiger charge is -2.29. The predicted molar refractivity (Wildman–Crippen MR) is 112 cm³/mol. The molecule has 1 heterocycles. The van der Waals surface area contributed by atoms with Crippen molar-refractivity contribution in [2.24, 2.45) is 5.41 Å². The summed E-state index contributed by atoms with van der Waals surface area (Å²) < 4.78 is 33.3. The summed E-state index contributed by atoms with van der Waals surface area (Å²) in [6.07, 6.45) is 1.27. The molecule has 0 radical (unpaired) electrons. The number of carboxylic acid groups (broad SMARTS) is 1. The normalized spacial score (nSPS) is 14.4. The zero-order valence-corrected chi connectivity index (χ0v) is 19.4. The Labute approximate surface area is 176 Å². The van der Waals surface area contributed by atoms with Gasteiger partial charge >= 0.3 is 5.97 Å². The van der Waals surface area contributed by atoms with Gasteiger partial charge in [0.1, 0.15) is 0 Å². The fraction of sp³-hybridized carbons (Fsp3) is 0.722. The molecule has 0 fully saturated rings. The SMILES string of the molecule is CCC(C)(CCOC(C)(C)CCNS(=O)(=O)c1nc(NC(C)=O)sc1C)C(=O)O. The first-order valence-corrected chi connectivity index (χ1v) is 11.6. The van der Waals surface area contributed by atoms with Gasteiger partial charge in [0, 0.05) is 25.0 Å². The molecule has 1 amide bonds. The van der Waals surface area contributed by atoms with Crippen molar-refractivity contribution in [2.75, 3.05) is 18.5 Å². The Morgan fingerprint density at radius 1 is 1.24 bits per heavy atom. The Morgan fingerprint density at radius 3 is 2.38 bits per heavy atom. The van der Waals surface area contributed by atoms with Crippen LogP contribution in [0.15, 0.2) is 5.03 Å². The summed E-state index contributed by atoms with van der Waals surface area (Å²) in [4.78, 5) is 26.9. The van der Waals surface area contributed by atoms with Crippen molar-refractivity contribution >= 4 is 38.4 Å². The number of hydrogen-bond acceptors (Lipinski definition) is 7. The van der Waals surface area contributed by atoms with Crippen LogP contribution in [-0.2, 0) is 24.3 Å². The molecule has 0 bridgehead atoms. The molecular formula is C18H31N3O6S2. The minimum absolute atomic E-state index is 0.106. The molecule has 29 heavy (non-hydrogen) atoms. The highest BCUT2D eigenvalue weighted by Gasteiger charge is 2.32. The Balaban J connectivity index is 2.61. The minimum Gasteiger partial charge on any atom is -0.481 e. The number of carbonyl (C=O) groups is 2. The van der Waals surface area contributed by atoms with E-state index in [1.54, 1.807) is 13.8 Å². The van der Waals surface area contributed by atoms with E-state index in [1.165, 1.54) is 6.92 Å². The maximum absolute atomic E-state index is 12.5. The molecule has 0 saturated carbocycles. The van der Waals surface area contributed by atoms with Gasteiger partial charge in [0.25, 0.3) is 10.0 Å². The Morgan fingerprint density at radius 2 is 1.86 bits per heavy atom. The first-order chi connectivity index (χ1) is 13.2. The quantitative estimate of drug-likeness (QED) is 0.446. The highest BCUT2D eigenvalue weighted by atomic mass is 32.2. The Hall–Kier alpha value is -1.56. The van der Waals surface area contributed by atoms with Crippen molar-refractivity contribution in [1.29, 1.82) is 0 Å². The van der Waals surface area contributed by atoms with E-state index in [1.807, 2.05) is 20.8 Å². The number of sulfonamides is 1. The summed E-state index contributed by atoms with van der Waals surface area (Å²) in [6, 6.07) is 0. The lowest BCUT2D eigenvalue weighted by molar-refractivity contribution is -0.150. The van der Waals surface area contributed by atoms with Crippen LogP contribution in [0.4, 0.5) is 5.13 Å². The molecule has 0 aliphatic rings. The number of aromatic nitrogens is 1. The number of hydrogen-bond donors (Lipinski definition) is 3. The van der Waals surface area contributed by atoms with E-state index in [2.05, 4.69) is 15.0 Å². The number of anilines is 1. The van der Waals surface area contributed by atoms with E-state index in [0.717, 1.165) is 11.3 Å². The number of nitrogens with zero attached hydrogens (tertiary/aromatic N) is 1. The maximum atomic E-state index is 12.5. The largest absolute Gasteiger partial charge is 0.481 e. The lowest BCUT2D eigenvalue weighted by Crippen LogP contribution is -2.35.